The molecule has 2 rings (SSSR count). The molecule has 0 spiro atoms. The minimum atomic E-state index is -0.127. The second kappa shape index (κ2) is 6.50. The van der Waals surface area contributed by atoms with E-state index in [1.807, 2.05) is 0 Å². The zero-order valence-corrected chi connectivity index (χ0v) is 11.4. The third-order valence-corrected chi connectivity index (χ3v) is 4.31. The normalized spacial score (nSPS) is 25.4. The maximum absolute atomic E-state index is 11.1. The zero-order valence-electron chi connectivity index (χ0n) is 11.4. The molecule has 5 heteroatoms. The van der Waals surface area contributed by atoms with E-state index in [2.05, 4.69) is 22.2 Å². The Balaban J connectivity index is 1.62. The highest BCUT2D eigenvalue weighted by molar-refractivity contribution is 5.76. The van der Waals surface area contributed by atoms with Gasteiger partial charge in [-0.2, -0.15) is 0 Å². The first-order valence-electron chi connectivity index (χ1n) is 7.09. The Hall–Kier alpha value is -0.650. The van der Waals surface area contributed by atoms with Crippen LogP contribution in [-0.2, 0) is 4.79 Å². The maximum Gasteiger partial charge on any atom is 0.220 e. The number of nitrogens with one attached hydrogen (secondary N) is 1. The molecule has 1 amide bonds. The van der Waals surface area contributed by atoms with Gasteiger partial charge in [0.2, 0.25) is 5.91 Å². The van der Waals surface area contributed by atoms with Gasteiger partial charge in [-0.3, -0.25) is 9.69 Å². The molecule has 0 saturated carbocycles. The van der Waals surface area contributed by atoms with Crippen molar-refractivity contribution in [1.82, 2.24) is 15.1 Å². The van der Waals surface area contributed by atoms with E-state index in [0.29, 0.717) is 6.04 Å². The predicted octanol–water partition coefficient (Wildman–Crippen LogP) is -0.175. The van der Waals surface area contributed by atoms with Gasteiger partial charge in [0.05, 0.1) is 0 Å². The number of carbonyl (C=O) groups excluding carboxylic acids is 1. The molecule has 0 atom stereocenters. The Labute approximate surface area is 110 Å². The molecular weight excluding hydrogens is 228 g/mol. The molecule has 0 aliphatic carbocycles. The van der Waals surface area contributed by atoms with Gasteiger partial charge in [0.1, 0.15) is 0 Å². The van der Waals surface area contributed by atoms with Crippen molar-refractivity contribution in [1.29, 1.82) is 0 Å². The van der Waals surface area contributed by atoms with Crippen molar-refractivity contribution in [3.63, 3.8) is 0 Å². The molecular formula is C13H26N4O. The van der Waals surface area contributed by atoms with Gasteiger partial charge in [0.25, 0.3) is 0 Å². The SMILES string of the molecule is CN1CCC(NCN2CCC(C(N)=O)CC2)CC1. The highest BCUT2D eigenvalue weighted by Crippen LogP contribution is 2.16. The lowest BCUT2D eigenvalue weighted by Gasteiger charge is -2.34. The number of nitrogens with two attached hydrogens (primary N) is 1. The summed E-state index contributed by atoms with van der Waals surface area (Å²) in [5.74, 6) is -0.0255. The second-order valence-electron chi connectivity index (χ2n) is 5.73. The molecule has 0 aromatic carbocycles. The summed E-state index contributed by atoms with van der Waals surface area (Å²) >= 11 is 0. The summed E-state index contributed by atoms with van der Waals surface area (Å²) in [6.45, 7) is 5.34. The molecule has 0 radical (unpaired) electrons. The van der Waals surface area contributed by atoms with Crippen molar-refractivity contribution in [3.05, 3.63) is 0 Å². The molecule has 0 aromatic rings. The first-order valence-corrected chi connectivity index (χ1v) is 7.09. The molecule has 2 aliphatic rings. The molecule has 2 saturated heterocycles. The van der Waals surface area contributed by atoms with Crippen molar-refractivity contribution in [2.24, 2.45) is 11.7 Å². The van der Waals surface area contributed by atoms with Crippen LogP contribution < -0.4 is 11.1 Å². The van der Waals surface area contributed by atoms with Gasteiger partial charge in [-0.15, -0.1) is 0 Å². The average molecular weight is 254 g/mol. The van der Waals surface area contributed by atoms with E-state index in [-0.39, 0.29) is 11.8 Å². The maximum atomic E-state index is 11.1. The van der Waals surface area contributed by atoms with E-state index in [9.17, 15) is 4.79 Å². The zero-order chi connectivity index (χ0) is 13.0. The van der Waals surface area contributed by atoms with Gasteiger partial charge in [-0.25, -0.2) is 0 Å². The van der Waals surface area contributed by atoms with Crippen LogP contribution in [0, 0.1) is 5.92 Å². The topological polar surface area (TPSA) is 61.6 Å². The number of likely N-dealkylation sites (tertiary alicyclic amines) is 2. The van der Waals surface area contributed by atoms with E-state index in [4.69, 9.17) is 5.73 Å². The van der Waals surface area contributed by atoms with Gasteiger partial charge in [0.15, 0.2) is 0 Å². The number of hydrogen-bond acceptors (Lipinski definition) is 4. The first-order chi connectivity index (χ1) is 8.65. The van der Waals surface area contributed by atoms with Gasteiger partial charge in [-0.05, 0) is 45.8 Å². The Morgan fingerprint density at radius 1 is 1.17 bits per heavy atom. The molecule has 18 heavy (non-hydrogen) atoms. The van der Waals surface area contributed by atoms with Gasteiger partial charge < -0.3 is 16.0 Å². The number of primary amides is 1. The van der Waals surface area contributed by atoms with Crippen LogP contribution in [0.4, 0.5) is 0 Å². The van der Waals surface area contributed by atoms with Crippen LogP contribution in [0.25, 0.3) is 0 Å². The summed E-state index contributed by atoms with van der Waals surface area (Å²) in [7, 11) is 2.19. The molecule has 0 bridgehead atoms. The van der Waals surface area contributed by atoms with Crippen LogP contribution in [0.5, 0.6) is 0 Å². The summed E-state index contributed by atoms with van der Waals surface area (Å²) < 4.78 is 0. The van der Waals surface area contributed by atoms with E-state index in [1.165, 1.54) is 25.9 Å². The minimum absolute atomic E-state index is 0.101. The van der Waals surface area contributed by atoms with E-state index in [0.717, 1.165) is 32.6 Å². The largest absolute Gasteiger partial charge is 0.369 e. The molecule has 104 valence electrons. The van der Waals surface area contributed by atoms with Crippen LogP contribution in [0.3, 0.4) is 0 Å². The smallest absolute Gasteiger partial charge is 0.220 e. The van der Waals surface area contributed by atoms with Gasteiger partial charge >= 0.3 is 0 Å². The second-order valence-corrected chi connectivity index (χ2v) is 5.73. The highest BCUT2D eigenvalue weighted by Gasteiger charge is 2.23. The number of carbonyl (C=O) groups is 1. The van der Waals surface area contributed by atoms with Crippen molar-refractivity contribution in [2.75, 3.05) is 39.9 Å². The summed E-state index contributed by atoms with van der Waals surface area (Å²) in [5.41, 5.74) is 5.34. The molecule has 0 aromatic heterocycles. The summed E-state index contributed by atoms with van der Waals surface area (Å²) in [5, 5.41) is 3.64. The Morgan fingerprint density at radius 3 is 2.33 bits per heavy atom. The lowest BCUT2D eigenvalue weighted by atomic mass is 9.96. The fourth-order valence-electron chi connectivity index (χ4n) is 2.85. The number of nitrogens with zero attached hydrogens (tertiary/aromatic N) is 2. The highest BCUT2D eigenvalue weighted by atomic mass is 16.1. The fraction of sp³-hybridized carbons (Fsp3) is 0.923. The van der Waals surface area contributed by atoms with Crippen molar-refractivity contribution >= 4 is 5.91 Å². The third kappa shape index (κ3) is 3.93. The first kappa shape index (κ1) is 13.8. The van der Waals surface area contributed by atoms with Crippen molar-refractivity contribution in [3.8, 4) is 0 Å². The van der Waals surface area contributed by atoms with E-state index >= 15 is 0 Å². The molecule has 2 heterocycles. The Bertz CT molecular complexity index is 268. The Morgan fingerprint density at radius 2 is 1.78 bits per heavy atom. The standard InChI is InChI=1S/C13H26N4O/c1-16-6-4-12(5-7-16)15-10-17-8-2-11(3-9-17)13(14)18/h11-12,15H,2-10H2,1H3,(H2,14,18). The molecule has 3 N–H and O–H groups in total. The number of amides is 1. The minimum Gasteiger partial charge on any atom is -0.369 e. The quantitative estimate of drug-likeness (QED) is 0.731. The van der Waals surface area contributed by atoms with Crippen molar-refractivity contribution in [2.45, 2.75) is 31.7 Å². The summed E-state index contributed by atoms with van der Waals surface area (Å²) in [6.07, 6.45) is 4.33. The van der Waals surface area contributed by atoms with E-state index in [1.54, 1.807) is 0 Å². The molecule has 5 nitrogen and oxygen atoms in total. The van der Waals surface area contributed by atoms with Crippen LogP contribution in [0.15, 0.2) is 0 Å². The third-order valence-electron chi connectivity index (χ3n) is 4.31. The summed E-state index contributed by atoms with van der Waals surface area (Å²) in [4.78, 5) is 15.9. The summed E-state index contributed by atoms with van der Waals surface area (Å²) in [6, 6.07) is 0.662. The number of piperidine rings is 2. The monoisotopic (exact) mass is 254 g/mol. The van der Waals surface area contributed by atoms with E-state index < -0.39 is 0 Å². The van der Waals surface area contributed by atoms with Crippen LogP contribution in [-0.4, -0.2) is 61.6 Å². The molecule has 0 unspecified atom stereocenters. The number of rotatable bonds is 4. The van der Waals surface area contributed by atoms with Crippen LogP contribution in [0.1, 0.15) is 25.7 Å². The lowest BCUT2D eigenvalue weighted by Crippen LogP contribution is -2.48. The average Bonchev–Trinajstić information content (AvgIpc) is 2.38. The molecule has 2 fully saturated rings. The van der Waals surface area contributed by atoms with Gasteiger partial charge in [-0.1, -0.05) is 0 Å². The fourth-order valence-corrected chi connectivity index (χ4v) is 2.85. The predicted molar refractivity (Wildman–Crippen MR) is 72.0 cm³/mol. The van der Waals surface area contributed by atoms with Crippen LogP contribution in [0.2, 0.25) is 0 Å². The lowest BCUT2D eigenvalue weighted by molar-refractivity contribution is -0.123. The van der Waals surface area contributed by atoms with Gasteiger partial charge in [0, 0.05) is 31.7 Å². The van der Waals surface area contributed by atoms with Crippen molar-refractivity contribution < 1.29 is 4.79 Å². The Kier molecular flexibility index (Phi) is 4.97. The molecule has 2 aliphatic heterocycles. The van der Waals surface area contributed by atoms with Crippen LogP contribution >= 0.6 is 0 Å². The number of hydrogen-bond donors (Lipinski definition) is 2.